The number of anilines is 1. The van der Waals surface area contributed by atoms with Crippen LogP contribution in [0, 0.1) is 17.7 Å². The molecular formula is C27H24FN5O3S. The number of carbonyl (C=O) groups is 1. The van der Waals surface area contributed by atoms with Crippen molar-refractivity contribution in [1.29, 1.82) is 0 Å². The summed E-state index contributed by atoms with van der Waals surface area (Å²) >= 11 is 0. The minimum absolute atomic E-state index is 0.00954. The molecule has 2 aromatic heterocycles. The van der Waals surface area contributed by atoms with Crippen LogP contribution in [0.15, 0.2) is 84.1 Å². The topological polar surface area (TPSA) is 106 Å². The van der Waals surface area contributed by atoms with Crippen LogP contribution in [0.2, 0.25) is 0 Å². The van der Waals surface area contributed by atoms with E-state index in [1.54, 1.807) is 31.7 Å². The zero-order valence-corrected chi connectivity index (χ0v) is 20.8. The molecule has 2 aromatic carbocycles. The maximum Gasteiger partial charge on any atom is 0.319 e. The van der Waals surface area contributed by atoms with Gasteiger partial charge in [0.1, 0.15) is 5.82 Å². The first-order valence-corrected chi connectivity index (χ1v) is 13.0. The minimum atomic E-state index is -3.80. The fourth-order valence-electron chi connectivity index (χ4n) is 3.50. The molecule has 8 nitrogen and oxygen atoms in total. The van der Waals surface area contributed by atoms with Crippen molar-refractivity contribution in [2.75, 3.05) is 11.9 Å². The summed E-state index contributed by atoms with van der Waals surface area (Å²) in [4.78, 5) is 16.5. The molecule has 10 heteroatoms. The number of amides is 2. The van der Waals surface area contributed by atoms with Gasteiger partial charge in [-0.2, -0.15) is 5.10 Å². The molecule has 0 spiro atoms. The molecule has 2 heterocycles. The number of pyridine rings is 1. The fourth-order valence-corrected chi connectivity index (χ4v) is 4.92. The molecule has 0 bridgehead atoms. The maximum atomic E-state index is 13.3. The average Bonchev–Trinajstić information content (AvgIpc) is 3.28. The summed E-state index contributed by atoms with van der Waals surface area (Å²) in [6.45, 7) is 0.394. The van der Waals surface area contributed by atoms with Crippen LogP contribution in [-0.4, -0.2) is 35.8 Å². The molecule has 2 N–H and O–H groups in total. The van der Waals surface area contributed by atoms with Crippen LogP contribution in [0.25, 0.3) is 0 Å². The summed E-state index contributed by atoms with van der Waals surface area (Å²) in [7, 11) is -2.10. The van der Waals surface area contributed by atoms with Crippen molar-refractivity contribution >= 4 is 21.6 Å². The molecule has 0 saturated carbocycles. The third kappa shape index (κ3) is 7.25. The summed E-state index contributed by atoms with van der Waals surface area (Å²) in [6, 6.07) is 14.9. The van der Waals surface area contributed by atoms with Crippen LogP contribution in [0.5, 0.6) is 0 Å². The molecule has 0 radical (unpaired) electrons. The summed E-state index contributed by atoms with van der Waals surface area (Å²) in [6.07, 6.45) is 5.69. The van der Waals surface area contributed by atoms with Gasteiger partial charge in [0.2, 0.25) is 0 Å². The monoisotopic (exact) mass is 517 g/mol. The van der Waals surface area contributed by atoms with E-state index >= 15 is 0 Å². The van der Waals surface area contributed by atoms with E-state index in [2.05, 4.69) is 32.6 Å². The molecule has 0 atom stereocenters. The fraction of sp³-hybridized carbons (Fsp3) is 0.148. The lowest BCUT2D eigenvalue weighted by molar-refractivity contribution is 0.252. The SMILES string of the molecule is Cn1ccc(CS(=O)(=O)c2ccc(NC(=O)NCCc3cccnc3)cc2C#Cc2ccc(F)cc2)n1. The first kappa shape index (κ1) is 25.6. The van der Waals surface area contributed by atoms with Gasteiger partial charge in [-0.25, -0.2) is 17.6 Å². The second kappa shape index (κ2) is 11.5. The van der Waals surface area contributed by atoms with E-state index in [4.69, 9.17) is 0 Å². The lowest BCUT2D eigenvalue weighted by Gasteiger charge is -2.11. The predicted octanol–water partition coefficient (Wildman–Crippen LogP) is 3.69. The molecule has 37 heavy (non-hydrogen) atoms. The highest BCUT2D eigenvalue weighted by molar-refractivity contribution is 7.90. The molecule has 0 saturated heterocycles. The standard InChI is InChI=1S/C27H24FN5O3S/c1-33-16-13-25(32-33)19-37(35,36)26-11-10-24(17-22(26)7-4-20-5-8-23(28)9-6-20)31-27(34)30-15-12-21-3-2-14-29-18-21/h2-3,5-6,8-11,13-14,16-18H,12,15,19H2,1H3,(H2,30,31,34). The van der Waals surface area contributed by atoms with Gasteiger partial charge in [-0.15, -0.1) is 0 Å². The number of rotatable bonds is 7. The zero-order valence-electron chi connectivity index (χ0n) is 20.0. The Kier molecular flexibility index (Phi) is 7.95. The van der Waals surface area contributed by atoms with Crippen molar-refractivity contribution in [3.05, 3.63) is 107 Å². The second-order valence-electron chi connectivity index (χ2n) is 8.20. The molecule has 0 aliphatic carbocycles. The van der Waals surface area contributed by atoms with Gasteiger partial charge in [0.15, 0.2) is 9.84 Å². The van der Waals surface area contributed by atoms with E-state index in [1.165, 1.54) is 47.1 Å². The smallest absolute Gasteiger partial charge is 0.319 e. The van der Waals surface area contributed by atoms with Gasteiger partial charge in [-0.1, -0.05) is 17.9 Å². The molecule has 188 valence electrons. The Morgan fingerprint density at radius 1 is 1.08 bits per heavy atom. The number of nitrogens with zero attached hydrogens (tertiary/aromatic N) is 3. The number of sulfone groups is 1. The first-order chi connectivity index (χ1) is 17.8. The molecule has 0 aliphatic rings. The Hall–Kier alpha value is -4.49. The number of aryl methyl sites for hydroxylation is 1. The number of benzene rings is 2. The summed E-state index contributed by atoms with van der Waals surface area (Å²) in [5.74, 6) is 5.03. The highest BCUT2D eigenvalue weighted by atomic mass is 32.2. The van der Waals surface area contributed by atoms with Crippen molar-refractivity contribution in [3.63, 3.8) is 0 Å². The Labute approximate surface area is 214 Å². The van der Waals surface area contributed by atoms with Gasteiger partial charge in [-0.3, -0.25) is 9.67 Å². The van der Waals surface area contributed by atoms with Crippen molar-refractivity contribution in [1.82, 2.24) is 20.1 Å². The van der Waals surface area contributed by atoms with Gasteiger partial charge in [0, 0.05) is 49.0 Å². The van der Waals surface area contributed by atoms with Crippen molar-refractivity contribution in [3.8, 4) is 11.8 Å². The van der Waals surface area contributed by atoms with Crippen molar-refractivity contribution in [2.24, 2.45) is 7.05 Å². The molecule has 0 aliphatic heterocycles. The van der Waals surface area contributed by atoms with Gasteiger partial charge >= 0.3 is 6.03 Å². The lowest BCUT2D eigenvalue weighted by Crippen LogP contribution is -2.30. The van der Waals surface area contributed by atoms with Gasteiger partial charge in [0.05, 0.1) is 16.3 Å². The Morgan fingerprint density at radius 3 is 2.59 bits per heavy atom. The van der Waals surface area contributed by atoms with E-state index in [0.29, 0.717) is 29.9 Å². The number of carbonyl (C=O) groups excluding carboxylic acids is 1. The molecular weight excluding hydrogens is 493 g/mol. The molecule has 4 aromatic rings. The zero-order chi connectivity index (χ0) is 26.3. The third-order valence-corrected chi connectivity index (χ3v) is 6.99. The normalized spacial score (nSPS) is 10.9. The highest BCUT2D eigenvalue weighted by Gasteiger charge is 2.21. The first-order valence-electron chi connectivity index (χ1n) is 11.4. The van der Waals surface area contributed by atoms with Gasteiger partial charge < -0.3 is 10.6 Å². The van der Waals surface area contributed by atoms with E-state index in [1.807, 2.05) is 12.1 Å². The van der Waals surface area contributed by atoms with Crippen LogP contribution in [0.3, 0.4) is 0 Å². The Morgan fingerprint density at radius 2 is 1.89 bits per heavy atom. The van der Waals surface area contributed by atoms with Crippen LogP contribution in [-0.2, 0) is 29.1 Å². The Balaban J connectivity index is 1.55. The summed E-state index contributed by atoms with van der Waals surface area (Å²) in [5, 5.41) is 9.63. The van der Waals surface area contributed by atoms with Crippen LogP contribution < -0.4 is 10.6 Å². The number of aromatic nitrogens is 3. The van der Waals surface area contributed by atoms with E-state index in [0.717, 1.165) is 5.56 Å². The number of halogens is 1. The number of hydrogen-bond donors (Lipinski definition) is 2. The van der Waals surface area contributed by atoms with Crippen LogP contribution in [0.4, 0.5) is 14.9 Å². The lowest BCUT2D eigenvalue weighted by atomic mass is 10.1. The number of nitrogens with one attached hydrogen (secondary N) is 2. The molecule has 0 unspecified atom stereocenters. The van der Waals surface area contributed by atoms with Gasteiger partial charge in [-0.05, 0) is 66.6 Å². The van der Waals surface area contributed by atoms with E-state index in [9.17, 15) is 17.6 Å². The molecule has 0 fully saturated rings. The minimum Gasteiger partial charge on any atom is -0.338 e. The van der Waals surface area contributed by atoms with Crippen LogP contribution >= 0.6 is 0 Å². The second-order valence-corrected chi connectivity index (χ2v) is 10.2. The predicted molar refractivity (Wildman–Crippen MR) is 138 cm³/mol. The number of hydrogen-bond acceptors (Lipinski definition) is 5. The quantitative estimate of drug-likeness (QED) is 0.364. The maximum absolute atomic E-state index is 13.3. The van der Waals surface area contributed by atoms with Crippen LogP contribution in [0.1, 0.15) is 22.4 Å². The van der Waals surface area contributed by atoms with Crippen molar-refractivity contribution < 1.29 is 17.6 Å². The van der Waals surface area contributed by atoms with Gasteiger partial charge in [0.25, 0.3) is 0 Å². The van der Waals surface area contributed by atoms with E-state index in [-0.39, 0.29) is 16.2 Å². The third-order valence-electron chi connectivity index (χ3n) is 5.29. The molecule has 2 amide bonds. The highest BCUT2D eigenvalue weighted by Crippen LogP contribution is 2.23. The average molecular weight is 518 g/mol. The summed E-state index contributed by atoms with van der Waals surface area (Å²) in [5.41, 5.74) is 2.48. The summed E-state index contributed by atoms with van der Waals surface area (Å²) < 4.78 is 41.2. The van der Waals surface area contributed by atoms with E-state index < -0.39 is 21.7 Å². The Bertz CT molecular complexity index is 1560. The molecule has 4 rings (SSSR count). The van der Waals surface area contributed by atoms with Crippen molar-refractivity contribution in [2.45, 2.75) is 17.1 Å². The largest absolute Gasteiger partial charge is 0.338 e. The number of urea groups is 1.